The lowest BCUT2D eigenvalue weighted by atomic mass is 10.2. The zero-order valence-corrected chi connectivity index (χ0v) is 17.4. The molecule has 3 aromatic rings. The van der Waals surface area contributed by atoms with Crippen LogP contribution >= 0.6 is 23.4 Å². The van der Waals surface area contributed by atoms with Gasteiger partial charge in [0.15, 0.2) is 28.6 Å². The van der Waals surface area contributed by atoms with Gasteiger partial charge in [-0.15, -0.1) is 16.8 Å². The molecule has 3 rings (SSSR count). The van der Waals surface area contributed by atoms with Crippen LogP contribution in [-0.4, -0.2) is 21.9 Å². The molecule has 28 heavy (non-hydrogen) atoms. The number of thioether (sulfide) groups is 1. The zero-order valence-electron chi connectivity index (χ0n) is 15.8. The Balaban J connectivity index is 1.77. The third kappa shape index (κ3) is 4.88. The number of halogens is 1. The Morgan fingerprint density at radius 3 is 2.54 bits per heavy atom. The van der Waals surface area contributed by atoms with E-state index in [0.29, 0.717) is 18.0 Å². The number of hydrogen-bond donors (Lipinski definition) is 0. The largest absolute Gasteiger partial charge is 0.493 e. The summed E-state index contributed by atoms with van der Waals surface area (Å²) in [4.78, 5) is 0. The molecule has 0 aliphatic rings. The standard InChI is InChI=1S/C21H22ClN3O2S/c1-4-13-25-20(15(2)27-19-8-6-5-7-18(19)26-3)23-24-21(25)28-14-16-9-11-17(22)12-10-16/h4-12,15H,1,13-14H2,2-3H3. The zero-order chi connectivity index (χ0) is 19.9. The van der Waals surface area contributed by atoms with Gasteiger partial charge < -0.3 is 9.47 Å². The van der Waals surface area contributed by atoms with Gasteiger partial charge in [-0.05, 0) is 36.8 Å². The van der Waals surface area contributed by atoms with Crippen molar-refractivity contribution in [3.05, 3.63) is 77.6 Å². The van der Waals surface area contributed by atoms with Gasteiger partial charge in [0, 0.05) is 17.3 Å². The molecule has 1 aromatic heterocycles. The van der Waals surface area contributed by atoms with E-state index in [1.165, 1.54) is 5.56 Å². The van der Waals surface area contributed by atoms with Crippen molar-refractivity contribution in [3.63, 3.8) is 0 Å². The van der Waals surface area contributed by atoms with Crippen LogP contribution < -0.4 is 9.47 Å². The Hall–Kier alpha value is -2.44. The minimum Gasteiger partial charge on any atom is -0.493 e. The molecule has 146 valence electrons. The first kappa shape index (κ1) is 20.3. The van der Waals surface area contributed by atoms with Gasteiger partial charge in [0.25, 0.3) is 0 Å². The molecule has 0 aliphatic carbocycles. The van der Waals surface area contributed by atoms with E-state index in [1.54, 1.807) is 18.9 Å². The summed E-state index contributed by atoms with van der Waals surface area (Å²) in [5.74, 6) is 2.86. The number of rotatable bonds is 9. The van der Waals surface area contributed by atoms with Crippen molar-refractivity contribution in [2.24, 2.45) is 0 Å². The predicted octanol–water partition coefficient (Wildman–Crippen LogP) is 5.56. The van der Waals surface area contributed by atoms with Crippen molar-refractivity contribution in [2.75, 3.05) is 7.11 Å². The monoisotopic (exact) mass is 415 g/mol. The molecular weight excluding hydrogens is 394 g/mol. The van der Waals surface area contributed by atoms with Crippen molar-refractivity contribution in [1.29, 1.82) is 0 Å². The summed E-state index contributed by atoms with van der Waals surface area (Å²) in [6.07, 6.45) is 1.53. The molecule has 0 spiro atoms. The van der Waals surface area contributed by atoms with Crippen LogP contribution in [0.4, 0.5) is 0 Å². The van der Waals surface area contributed by atoms with Gasteiger partial charge in [0.2, 0.25) is 0 Å². The number of nitrogens with zero attached hydrogens (tertiary/aromatic N) is 3. The molecule has 0 radical (unpaired) electrons. The van der Waals surface area contributed by atoms with Crippen LogP contribution in [0.1, 0.15) is 24.4 Å². The Labute approximate surface area is 174 Å². The Kier molecular flexibility index (Phi) is 7.01. The number of hydrogen-bond acceptors (Lipinski definition) is 5. The predicted molar refractivity (Wildman–Crippen MR) is 113 cm³/mol. The van der Waals surface area contributed by atoms with Gasteiger partial charge in [0.05, 0.1) is 7.11 Å². The van der Waals surface area contributed by atoms with E-state index in [2.05, 4.69) is 16.8 Å². The number of ether oxygens (including phenoxy) is 2. The quantitative estimate of drug-likeness (QED) is 0.338. The Morgan fingerprint density at radius 1 is 1.14 bits per heavy atom. The first-order chi connectivity index (χ1) is 13.6. The highest BCUT2D eigenvalue weighted by Crippen LogP contribution is 2.31. The van der Waals surface area contributed by atoms with E-state index >= 15 is 0 Å². The second kappa shape index (κ2) is 9.66. The average molecular weight is 416 g/mol. The van der Waals surface area contributed by atoms with E-state index in [0.717, 1.165) is 21.8 Å². The second-order valence-corrected chi connectivity index (χ2v) is 7.45. The fraction of sp³-hybridized carbons (Fsp3) is 0.238. The van der Waals surface area contributed by atoms with E-state index in [-0.39, 0.29) is 6.10 Å². The molecule has 1 atom stereocenters. The van der Waals surface area contributed by atoms with Gasteiger partial charge in [0.1, 0.15) is 0 Å². The SMILES string of the molecule is C=CCn1c(SCc2ccc(Cl)cc2)nnc1C(C)Oc1ccccc1OC. The van der Waals surface area contributed by atoms with Crippen LogP contribution in [0.25, 0.3) is 0 Å². The number of benzene rings is 2. The highest BCUT2D eigenvalue weighted by molar-refractivity contribution is 7.98. The van der Waals surface area contributed by atoms with Gasteiger partial charge in [-0.2, -0.15) is 0 Å². The average Bonchev–Trinajstić information content (AvgIpc) is 3.11. The third-order valence-corrected chi connectivity index (χ3v) is 5.36. The van der Waals surface area contributed by atoms with Crippen LogP contribution in [-0.2, 0) is 12.3 Å². The molecule has 0 N–H and O–H groups in total. The lowest BCUT2D eigenvalue weighted by Crippen LogP contribution is -2.12. The fourth-order valence-electron chi connectivity index (χ4n) is 2.70. The van der Waals surface area contributed by atoms with Crippen LogP contribution in [0, 0.1) is 0 Å². The number of methoxy groups -OCH3 is 1. The minimum atomic E-state index is -0.298. The first-order valence-corrected chi connectivity index (χ1v) is 10.2. The topological polar surface area (TPSA) is 49.2 Å². The maximum atomic E-state index is 6.09. The Bertz CT molecular complexity index is 928. The molecule has 2 aromatic carbocycles. The lowest BCUT2D eigenvalue weighted by molar-refractivity contribution is 0.201. The fourth-order valence-corrected chi connectivity index (χ4v) is 3.73. The second-order valence-electron chi connectivity index (χ2n) is 6.07. The maximum absolute atomic E-state index is 6.09. The van der Waals surface area contributed by atoms with E-state index < -0.39 is 0 Å². The highest BCUT2D eigenvalue weighted by atomic mass is 35.5. The van der Waals surface area contributed by atoms with E-state index in [1.807, 2.05) is 66.1 Å². The van der Waals surface area contributed by atoms with Crippen molar-refractivity contribution in [2.45, 2.75) is 30.5 Å². The molecule has 7 heteroatoms. The minimum absolute atomic E-state index is 0.298. The van der Waals surface area contributed by atoms with Gasteiger partial charge in [-0.1, -0.05) is 53.7 Å². The normalized spacial score (nSPS) is 11.8. The molecule has 1 heterocycles. The van der Waals surface area contributed by atoms with E-state index in [4.69, 9.17) is 21.1 Å². The molecule has 0 aliphatic heterocycles. The lowest BCUT2D eigenvalue weighted by Gasteiger charge is -2.17. The summed E-state index contributed by atoms with van der Waals surface area (Å²) in [6, 6.07) is 15.4. The number of aromatic nitrogens is 3. The summed E-state index contributed by atoms with van der Waals surface area (Å²) in [6.45, 7) is 6.41. The first-order valence-electron chi connectivity index (χ1n) is 8.83. The van der Waals surface area contributed by atoms with Gasteiger partial charge in [-0.3, -0.25) is 4.57 Å². The molecule has 0 amide bonds. The van der Waals surface area contributed by atoms with Crippen molar-refractivity contribution >= 4 is 23.4 Å². The molecule has 1 unspecified atom stereocenters. The summed E-state index contributed by atoms with van der Waals surface area (Å²) < 4.78 is 13.5. The molecule has 0 fully saturated rings. The molecular formula is C21H22ClN3O2S. The van der Waals surface area contributed by atoms with Gasteiger partial charge in [-0.25, -0.2) is 0 Å². The van der Waals surface area contributed by atoms with E-state index in [9.17, 15) is 0 Å². The van der Waals surface area contributed by atoms with Crippen molar-refractivity contribution < 1.29 is 9.47 Å². The Morgan fingerprint density at radius 2 is 1.86 bits per heavy atom. The molecule has 0 saturated carbocycles. The van der Waals surface area contributed by atoms with Crippen molar-refractivity contribution in [1.82, 2.24) is 14.8 Å². The summed E-state index contributed by atoms with van der Waals surface area (Å²) in [5, 5.41) is 10.3. The third-order valence-electron chi connectivity index (χ3n) is 4.07. The highest BCUT2D eigenvalue weighted by Gasteiger charge is 2.20. The maximum Gasteiger partial charge on any atom is 0.191 e. The number of para-hydroxylation sites is 2. The number of allylic oxidation sites excluding steroid dienone is 1. The van der Waals surface area contributed by atoms with Crippen molar-refractivity contribution in [3.8, 4) is 11.5 Å². The van der Waals surface area contributed by atoms with Crippen LogP contribution in [0.3, 0.4) is 0 Å². The molecule has 0 bridgehead atoms. The van der Waals surface area contributed by atoms with Crippen LogP contribution in [0.15, 0.2) is 66.3 Å². The summed E-state index contributed by atoms with van der Waals surface area (Å²) >= 11 is 7.57. The summed E-state index contributed by atoms with van der Waals surface area (Å²) in [5.41, 5.74) is 1.17. The summed E-state index contributed by atoms with van der Waals surface area (Å²) in [7, 11) is 1.62. The molecule has 0 saturated heterocycles. The van der Waals surface area contributed by atoms with Crippen LogP contribution in [0.2, 0.25) is 5.02 Å². The van der Waals surface area contributed by atoms with Crippen LogP contribution in [0.5, 0.6) is 11.5 Å². The van der Waals surface area contributed by atoms with Gasteiger partial charge >= 0.3 is 0 Å². The smallest absolute Gasteiger partial charge is 0.191 e. The molecule has 5 nitrogen and oxygen atoms in total.